The van der Waals surface area contributed by atoms with E-state index in [0.29, 0.717) is 30.2 Å². The Hall–Kier alpha value is -1.24. The average Bonchev–Trinajstić information content (AvgIpc) is 2.32. The fourth-order valence-electron chi connectivity index (χ4n) is 1.12. The largest absolute Gasteiger partial charge is 0.466 e. The van der Waals surface area contributed by atoms with Crippen molar-refractivity contribution in [2.75, 3.05) is 19.3 Å². The summed E-state index contributed by atoms with van der Waals surface area (Å²) < 4.78 is 23.5. The molecule has 0 N–H and O–H groups in total. The maximum atomic E-state index is 13.1. The van der Waals surface area contributed by atoms with Gasteiger partial charge in [0.05, 0.1) is 5.56 Å². The minimum Gasteiger partial charge on any atom is -0.466 e. The van der Waals surface area contributed by atoms with Crippen molar-refractivity contribution in [1.82, 2.24) is 0 Å². The fourth-order valence-corrected chi connectivity index (χ4v) is 1.21. The second kappa shape index (κ2) is 7.94. The van der Waals surface area contributed by atoms with Gasteiger partial charge < -0.3 is 9.47 Å². The Kier molecular flexibility index (Phi) is 6.46. The van der Waals surface area contributed by atoms with Crippen LogP contribution in [-0.2, 0) is 4.74 Å². The van der Waals surface area contributed by atoms with Crippen LogP contribution in [0, 0.1) is 17.7 Å². The minimum absolute atomic E-state index is 0.131. The van der Waals surface area contributed by atoms with E-state index in [2.05, 4.69) is 11.8 Å². The molecule has 92 valence electrons. The van der Waals surface area contributed by atoms with Gasteiger partial charge in [-0.05, 0) is 25.1 Å². The molecule has 0 aliphatic carbocycles. The van der Waals surface area contributed by atoms with Gasteiger partial charge >= 0.3 is 0 Å². The van der Waals surface area contributed by atoms with Crippen LogP contribution in [0.3, 0.4) is 0 Å². The third kappa shape index (κ3) is 5.08. The highest BCUT2D eigenvalue weighted by atomic mass is 35.5. The van der Waals surface area contributed by atoms with E-state index in [4.69, 9.17) is 21.1 Å². The van der Waals surface area contributed by atoms with Gasteiger partial charge in [0.25, 0.3) is 0 Å². The lowest BCUT2D eigenvalue weighted by Crippen LogP contribution is -2.03. The molecule has 0 radical (unpaired) electrons. The van der Waals surface area contributed by atoms with Crippen molar-refractivity contribution in [3.8, 4) is 17.6 Å². The summed E-state index contributed by atoms with van der Waals surface area (Å²) in [5.74, 6) is 6.29. The van der Waals surface area contributed by atoms with Gasteiger partial charge in [0.1, 0.15) is 11.6 Å². The van der Waals surface area contributed by atoms with E-state index >= 15 is 0 Å². The fraction of sp³-hybridized carbons (Fsp3) is 0.385. The Balaban J connectivity index is 2.77. The number of benzene rings is 1. The Morgan fingerprint density at radius 2 is 2.24 bits per heavy atom. The van der Waals surface area contributed by atoms with Crippen LogP contribution >= 0.6 is 11.6 Å². The molecule has 0 amide bonds. The molecule has 0 heterocycles. The summed E-state index contributed by atoms with van der Waals surface area (Å²) in [6, 6.07) is 4.20. The Morgan fingerprint density at radius 3 is 2.94 bits per heavy atom. The Morgan fingerprint density at radius 1 is 1.41 bits per heavy atom. The highest BCUT2D eigenvalue weighted by Crippen LogP contribution is 2.18. The predicted molar refractivity (Wildman–Crippen MR) is 65.7 cm³/mol. The molecule has 0 saturated heterocycles. The van der Waals surface area contributed by atoms with Gasteiger partial charge in [0.15, 0.2) is 6.79 Å². The van der Waals surface area contributed by atoms with Crippen LogP contribution in [0.1, 0.15) is 18.9 Å². The number of hydrogen-bond acceptors (Lipinski definition) is 2. The molecular weight excluding hydrogens is 243 g/mol. The number of hydrogen-bond donors (Lipinski definition) is 0. The van der Waals surface area contributed by atoms with Gasteiger partial charge in [-0.2, -0.15) is 0 Å². The van der Waals surface area contributed by atoms with Crippen molar-refractivity contribution in [3.63, 3.8) is 0 Å². The summed E-state index contributed by atoms with van der Waals surface area (Å²) in [6.45, 7) is 2.57. The van der Waals surface area contributed by atoms with Gasteiger partial charge in [0.2, 0.25) is 0 Å². The van der Waals surface area contributed by atoms with E-state index in [1.807, 2.05) is 6.92 Å². The van der Waals surface area contributed by atoms with Crippen LogP contribution in [-0.4, -0.2) is 19.3 Å². The maximum Gasteiger partial charge on any atom is 0.189 e. The molecule has 1 aromatic carbocycles. The normalized spacial score (nSPS) is 9.59. The van der Waals surface area contributed by atoms with Crippen molar-refractivity contribution in [2.45, 2.75) is 13.3 Å². The van der Waals surface area contributed by atoms with Crippen LogP contribution in [0.25, 0.3) is 0 Å². The van der Waals surface area contributed by atoms with E-state index < -0.39 is 0 Å². The molecule has 0 aromatic heterocycles. The van der Waals surface area contributed by atoms with Crippen LogP contribution in [0.4, 0.5) is 4.39 Å². The summed E-state index contributed by atoms with van der Waals surface area (Å²) >= 11 is 5.51. The van der Waals surface area contributed by atoms with Crippen LogP contribution in [0.2, 0.25) is 0 Å². The maximum absolute atomic E-state index is 13.1. The molecule has 0 saturated carbocycles. The molecule has 0 bridgehead atoms. The van der Waals surface area contributed by atoms with E-state index in [9.17, 15) is 4.39 Å². The van der Waals surface area contributed by atoms with Crippen molar-refractivity contribution in [3.05, 3.63) is 29.6 Å². The van der Waals surface area contributed by atoms with Gasteiger partial charge in [-0.25, -0.2) is 4.39 Å². The van der Waals surface area contributed by atoms with Crippen molar-refractivity contribution < 1.29 is 13.9 Å². The summed E-state index contributed by atoms with van der Waals surface area (Å²) in [5.41, 5.74) is 0.509. The van der Waals surface area contributed by atoms with Gasteiger partial charge in [-0.3, -0.25) is 0 Å². The zero-order valence-corrected chi connectivity index (χ0v) is 10.4. The molecular formula is C13H14ClFO2. The summed E-state index contributed by atoms with van der Waals surface area (Å²) in [5, 5.41) is 0. The molecule has 4 heteroatoms. The zero-order valence-electron chi connectivity index (χ0n) is 9.63. The molecule has 1 aromatic rings. The summed E-state index contributed by atoms with van der Waals surface area (Å²) in [6.07, 6.45) is 0.559. The SMILES string of the molecule is CCOCOc1ccc(F)cc1C#CCCCl. The average molecular weight is 257 g/mol. The zero-order chi connectivity index (χ0) is 12.5. The number of halogens is 2. The molecule has 0 aliphatic heterocycles. The first-order valence-electron chi connectivity index (χ1n) is 5.33. The molecule has 0 spiro atoms. The lowest BCUT2D eigenvalue weighted by Gasteiger charge is -2.07. The highest BCUT2D eigenvalue weighted by molar-refractivity contribution is 6.18. The first-order valence-corrected chi connectivity index (χ1v) is 5.86. The number of ether oxygens (including phenoxy) is 2. The smallest absolute Gasteiger partial charge is 0.189 e. The third-order valence-corrected chi connectivity index (χ3v) is 2.08. The first-order chi connectivity index (χ1) is 8.27. The van der Waals surface area contributed by atoms with E-state index in [-0.39, 0.29) is 12.6 Å². The van der Waals surface area contributed by atoms with E-state index in [1.54, 1.807) is 6.07 Å². The second-order valence-electron chi connectivity index (χ2n) is 3.14. The summed E-state index contributed by atoms with van der Waals surface area (Å²) in [7, 11) is 0. The Labute approximate surface area is 106 Å². The summed E-state index contributed by atoms with van der Waals surface area (Å²) in [4.78, 5) is 0. The monoisotopic (exact) mass is 256 g/mol. The van der Waals surface area contributed by atoms with Crippen LogP contribution < -0.4 is 4.74 Å². The van der Waals surface area contributed by atoms with Crippen molar-refractivity contribution in [2.24, 2.45) is 0 Å². The van der Waals surface area contributed by atoms with E-state index in [0.717, 1.165) is 0 Å². The quantitative estimate of drug-likeness (QED) is 0.349. The first kappa shape index (κ1) is 13.8. The molecule has 1 rings (SSSR count). The third-order valence-electron chi connectivity index (χ3n) is 1.89. The van der Waals surface area contributed by atoms with Gasteiger partial charge in [0, 0.05) is 18.9 Å². The van der Waals surface area contributed by atoms with Crippen LogP contribution in [0.5, 0.6) is 5.75 Å². The molecule has 2 nitrogen and oxygen atoms in total. The molecule has 0 atom stereocenters. The minimum atomic E-state index is -0.344. The predicted octanol–water partition coefficient (Wildman–Crippen LogP) is 3.18. The molecule has 0 fully saturated rings. The van der Waals surface area contributed by atoms with Gasteiger partial charge in [-0.15, -0.1) is 11.6 Å². The van der Waals surface area contributed by atoms with Crippen LogP contribution in [0.15, 0.2) is 18.2 Å². The van der Waals surface area contributed by atoms with E-state index in [1.165, 1.54) is 12.1 Å². The lowest BCUT2D eigenvalue weighted by atomic mass is 10.2. The van der Waals surface area contributed by atoms with Crippen molar-refractivity contribution >= 4 is 11.6 Å². The van der Waals surface area contributed by atoms with Gasteiger partial charge in [-0.1, -0.05) is 11.8 Å². The number of alkyl halides is 1. The Bertz CT molecular complexity index is 410. The van der Waals surface area contributed by atoms with Crippen molar-refractivity contribution in [1.29, 1.82) is 0 Å². The lowest BCUT2D eigenvalue weighted by molar-refractivity contribution is 0.0222. The standard InChI is InChI=1S/C13H14ClFO2/c1-2-16-10-17-13-7-6-12(15)9-11(13)5-3-4-8-14/h6-7,9H,2,4,8,10H2,1H3. The molecule has 17 heavy (non-hydrogen) atoms. The highest BCUT2D eigenvalue weighted by Gasteiger charge is 2.02. The topological polar surface area (TPSA) is 18.5 Å². The molecule has 0 unspecified atom stereocenters. The number of rotatable bonds is 5. The molecule has 0 aliphatic rings. The second-order valence-corrected chi connectivity index (χ2v) is 3.51.